The molecule has 0 unspecified atom stereocenters. The Morgan fingerprint density at radius 2 is 2.07 bits per heavy atom. The maximum Gasteiger partial charge on any atom is 0.438 e. The molecule has 0 radical (unpaired) electrons. The monoisotopic (exact) mass is 422 g/mol. The Morgan fingerprint density at radius 1 is 1.37 bits per heavy atom. The Labute approximate surface area is 165 Å². The Kier molecular flexibility index (Phi) is 7.59. The van der Waals surface area contributed by atoms with Gasteiger partial charge in [0, 0.05) is 22.9 Å². The molecule has 1 atom stereocenters. The van der Waals surface area contributed by atoms with Gasteiger partial charge < -0.3 is 5.11 Å². The number of amides is 1. The van der Waals surface area contributed by atoms with Gasteiger partial charge in [-0.25, -0.2) is 0 Å². The summed E-state index contributed by atoms with van der Waals surface area (Å²) in [4.78, 5) is 12.4. The van der Waals surface area contributed by atoms with Crippen molar-refractivity contribution in [1.82, 2.24) is 5.01 Å². The van der Waals surface area contributed by atoms with Crippen molar-refractivity contribution in [1.29, 1.82) is 0 Å². The summed E-state index contributed by atoms with van der Waals surface area (Å²) < 4.78 is 40.2. The molecule has 1 aromatic rings. The largest absolute Gasteiger partial charge is 0.438 e. The number of carbonyl (C=O) groups is 1. The molecule has 0 saturated carbocycles. The van der Waals surface area contributed by atoms with E-state index in [0.29, 0.717) is 23.6 Å². The standard InChI is InChI=1S/C18H22ClF3N2O2S/c1-2-3-4-8-14-10-17(26,18(20,21)22)24(23-14)16(25)12-27-11-13-7-5-6-9-15(13)19/h5-7,9,26H,2-4,8,10-12H2,1H3/t17-/m1/s1. The minimum atomic E-state index is -4.98. The van der Waals surface area contributed by atoms with Crippen LogP contribution in [0.5, 0.6) is 0 Å². The van der Waals surface area contributed by atoms with E-state index in [1.165, 1.54) is 0 Å². The van der Waals surface area contributed by atoms with Crippen LogP contribution in [0, 0.1) is 0 Å². The number of carbonyl (C=O) groups excluding carboxylic acids is 1. The SMILES string of the molecule is CCCCCC1=NN(C(=O)CSCc2ccccc2Cl)[C@](O)(C(F)(F)F)C1. The molecule has 2 rings (SSSR count). The molecule has 0 aromatic heterocycles. The highest BCUT2D eigenvalue weighted by atomic mass is 35.5. The second-order valence-electron chi connectivity index (χ2n) is 6.40. The highest BCUT2D eigenvalue weighted by Crippen LogP contribution is 2.41. The van der Waals surface area contributed by atoms with E-state index in [1.54, 1.807) is 24.3 Å². The summed E-state index contributed by atoms with van der Waals surface area (Å²) in [5, 5.41) is 14.7. The predicted molar refractivity (Wildman–Crippen MR) is 102 cm³/mol. The summed E-state index contributed by atoms with van der Waals surface area (Å²) in [6.45, 7) is 1.98. The second kappa shape index (κ2) is 9.30. The third-order valence-electron chi connectivity index (χ3n) is 4.24. The van der Waals surface area contributed by atoms with E-state index in [1.807, 2.05) is 6.92 Å². The molecular weight excluding hydrogens is 401 g/mol. The zero-order valence-electron chi connectivity index (χ0n) is 14.9. The molecule has 0 spiro atoms. The zero-order chi connectivity index (χ0) is 20.1. The molecular formula is C18H22ClF3N2O2S. The molecule has 1 heterocycles. The molecule has 1 amide bonds. The van der Waals surface area contributed by atoms with Gasteiger partial charge in [-0.2, -0.15) is 23.3 Å². The van der Waals surface area contributed by atoms with Crippen molar-refractivity contribution in [3.05, 3.63) is 34.9 Å². The molecule has 0 aliphatic carbocycles. The van der Waals surface area contributed by atoms with Crippen LogP contribution < -0.4 is 0 Å². The van der Waals surface area contributed by atoms with Gasteiger partial charge in [0.05, 0.1) is 5.75 Å². The number of hydrazone groups is 1. The van der Waals surface area contributed by atoms with Crippen molar-refractivity contribution >= 4 is 35.0 Å². The van der Waals surface area contributed by atoms with E-state index in [4.69, 9.17) is 11.6 Å². The topological polar surface area (TPSA) is 52.9 Å². The summed E-state index contributed by atoms with van der Waals surface area (Å²) in [5.74, 6) is -0.746. The number of alkyl halides is 3. The number of hydrogen-bond acceptors (Lipinski definition) is 4. The smallest absolute Gasteiger partial charge is 0.362 e. The van der Waals surface area contributed by atoms with Gasteiger partial charge >= 0.3 is 6.18 Å². The van der Waals surface area contributed by atoms with E-state index < -0.39 is 24.2 Å². The number of thioether (sulfide) groups is 1. The van der Waals surface area contributed by atoms with Crippen LogP contribution in [-0.4, -0.2) is 39.4 Å². The van der Waals surface area contributed by atoms with Gasteiger partial charge in [-0.05, 0) is 24.5 Å². The highest BCUT2D eigenvalue weighted by molar-refractivity contribution is 7.99. The fourth-order valence-electron chi connectivity index (χ4n) is 2.74. The van der Waals surface area contributed by atoms with Crippen molar-refractivity contribution in [2.45, 2.75) is 56.7 Å². The van der Waals surface area contributed by atoms with Crippen LogP contribution in [-0.2, 0) is 10.5 Å². The minimum Gasteiger partial charge on any atom is -0.362 e. The lowest BCUT2D eigenvalue weighted by Gasteiger charge is -2.32. The Hall–Kier alpha value is -1.25. The number of nitrogens with zero attached hydrogens (tertiary/aromatic N) is 2. The lowest BCUT2D eigenvalue weighted by Crippen LogP contribution is -2.57. The van der Waals surface area contributed by atoms with Gasteiger partial charge in [0.1, 0.15) is 0 Å². The Balaban J connectivity index is 2.04. The molecule has 0 fully saturated rings. The first-order valence-electron chi connectivity index (χ1n) is 8.68. The van der Waals surface area contributed by atoms with Gasteiger partial charge in [0.25, 0.3) is 11.6 Å². The average Bonchev–Trinajstić information content (AvgIpc) is 2.95. The molecule has 27 heavy (non-hydrogen) atoms. The zero-order valence-corrected chi connectivity index (χ0v) is 16.5. The van der Waals surface area contributed by atoms with Gasteiger partial charge in [-0.3, -0.25) is 4.79 Å². The van der Waals surface area contributed by atoms with Crippen LogP contribution in [0.15, 0.2) is 29.4 Å². The normalized spacial score (nSPS) is 20.1. The fraction of sp³-hybridized carbons (Fsp3) is 0.556. The van der Waals surface area contributed by atoms with Crippen LogP contribution >= 0.6 is 23.4 Å². The van der Waals surface area contributed by atoms with Crippen molar-refractivity contribution in [3.63, 3.8) is 0 Å². The number of unbranched alkanes of at least 4 members (excludes halogenated alkanes) is 2. The van der Waals surface area contributed by atoms with Gasteiger partial charge in [0.15, 0.2) is 0 Å². The number of benzene rings is 1. The third kappa shape index (κ3) is 5.39. The predicted octanol–water partition coefficient (Wildman–Crippen LogP) is 4.99. The van der Waals surface area contributed by atoms with E-state index in [-0.39, 0.29) is 16.5 Å². The van der Waals surface area contributed by atoms with Gasteiger partial charge in [-0.15, -0.1) is 11.8 Å². The third-order valence-corrected chi connectivity index (χ3v) is 5.58. The van der Waals surface area contributed by atoms with Crippen molar-refractivity contribution in [3.8, 4) is 0 Å². The fourth-order valence-corrected chi connectivity index (χ4v) is 3.90. The first kappa shape index (κ1) is 22.0. The van der Waals surface area contributed by atoms with E-state index in [9.17, 15) is 23.1 Å². The van der Waals surface area contributed by atoms with Crippen LogP contribution in [0.3, 0.4) is 0 Å². The number of halogens is 4. The van der Waals surface area contributed by atoms with E-state index in [0.717, 1.165) is 30.2 Å². The van der Waals surface area contributed by atoms with Crippen LogP contribution in [0.4, 0.5) is 13.2 Å². The first-order valence-corrected chi connectivity index (χ1v) is 10.2. The lowest BCUT2D eigenvalue weighted by atomic mass is 10.0. The quantitative estimate of drug-likeness (QED) is 0.600. The Morgan fingerprint density at radius 3 is 2.70 bits per heavy atom. The highest BCUT2D eigenvalue weighted by Gasteiger charge is 2.62. The average molecular weight is 423 g/mol. The van der Waals surface area contributed by atoms with Crippen LogP contribution in [0.1, 0.15) is 44.6 Å². The molecule has 0 bridgehead atoms. The molecule has 1 aliphatic heterocycles. The molecule has 1 N–H and O–H groups in total. The molecule has 0 saturated heterocycles. The molecule has 4 nitrogen and oxygen atoms in total. The van der Waals surface area contributed by atoms with Crippen LogP contribution in [0.2, 0.25) is 5.02 Å². The van der Waals surface area contributed by atoms with Gasteiger partial charge in [-0.1, -0.05) is 49.6 Å². The minimum absolute atomic E-state index is 0.202. The molecule has 150 valence electrons. The summed E-state index contributed by atoms with van der Waals surface area (Å²) >= 11 is 7.16. The lowest BCUT2D eigenvalue weighted by molar-refractivity contribution is -0.301. The Bertz CT molecular complexity index is 699. The summed E-state index contributed by atoms with van der Waals surface area (Å²) in [6.07, 6.45) is -2.90. The van der Waals surface area contributed by atoms with Crippen molar-refractivity contribution in [2.75, 3.05) is 5.75 Å². The van der Waals surface area contributed by atoms with Crippen molar-refractivity contribution in [2.24, 2.45) is 5.10 Å². The molecule has 1 aromatic carbocycles. The number of hydrogen-bond donors (Lipinski definition) is 1. The maximum absolute atomic E-state index is 13.4. The summed E-state index contributed by atoms with van der Waals surface area (Å²) in [6, 6.07) is 7.05. The second-order valence-corrected chi connectivity index (χ2v) is 7.80. The van der Waals surface area contributed by atoms with Gasteiger partial charge in [0.2, 0.25) is 0 Å². The number of rotatable bonds is 8. The summed E-state index contributed by atoms with van der Waals surface area (Å²) in [5.41, 5.74) is -2.28. The number of aliphatic hydroxyl groups is 1. The summed E-state index contributed by atoms with van der Waals surface area (Å²) in [7, 11) is 0. The first-order chi connectivity index (χ1) is 12.7. The molecule has 9 heteroatoms. The van der Waals surface area contributed by atoms with Crippen molar-refractivity contribution < 1.29 is 23.1 Å². The maximum atomic E-state index is 13.4. The van der Waals surface area contributed by atoms with E-state index in [2.05, 4.69) is 5.10 Å². The van der Waals surface area contributed by atoms with Crippen LogP contribution in [0.25, 0.3) is 0 Å². The molecule has 1 aliphatic rings. The van der Waals surface area contributed by atoms with E-state index >= 15 is 0 Å².